The minimum Gasteiger partial charge on any atom is -0.493 e. The summed E-state index contributed by atoms with van der Waals surface area (Å²) in [7, 11) is 0. The lowest BCUT2D eigenvalue weighted by Crippen LogP contribution is -2.28. The maximum absolute atomic E-state index is 5.83. The van der Waals surface area contributed by atoms with Crippen molar-refractivity contribution in [1.82, 2.24) is 5.32 Å². The summed E-state index contributed by atoms with van der Waals surface area (Å²) >= 11 is 0. The molecule has 0 saturated carbocycles. The number of unbranched alkanes of at least 4 members (excludes halogenated alkanes) is 1. The summed E-state index contributed by atoms with van der Waals surface area (Å²) in [4.78, 5) is 0. The van der Waals surface area contributed by atoms with Crippen molar-refractivity contribution in [2.45, 2.75) is 46.1 Å². The van der Waals surface area contributed by atoms with Crippen LogP contribution in [-0.4, -0.2) is 13.2 Å². The average Bonchev–Trinajstić information content (AvgIpc) is 2.35. The van der Waals surface area contributed by atoms with Crippen molar-refractivity contribution in [1.29, 1.82) is 0 Å². The lowest BCUT2D eigenvalue weighted by molar-refractivity contribution is 0.250. The van der Waals surface area contributed by atoms with E-state index >= 15 is 0 Å². The Morgan fingerprint density at radius 3 is 2.94 bits per heavy atom. The van der Waals surface area contributed by atoms with Crippen LogP contribution in [0.25, 0.3) is 0 Å². The molecule has 0 aromatic heterocycles. The van der Waals surface area contributed by atoms with E-state index in [1.807, 2.05) is 0 Å². The smallest absolute Gasteiger partial charge is 0.127 e. The lowest BCUT2D eigenvalue weighted by Gasteiger charge is -2.28. The molecule has 0 saturated heterocycles. The van der Waals surface area contributed by atoms with Gasteiger partial charge >= 0.3 is 0 Å². The van der Waals surface area contributed by atoms with Crippen molar-refractivity contribution in [3.8, 4) is 5.75 Å². The monoisotopic (exact) mass is 233 g/mol. The molecule has 1 aliphatic rings. The predicted molar refractivity (Wildman–Crippen MR) is 71.7 cm³/mol. The van der Waals surface area contributed by atoms with E-state index < -0.39 is 0 Å². The molecular formula is C15H23NO. The highest BCUT2D eigenvalue weighted by atomic mass is 16.5. The van der Waals surface area contributed by atoms with E-state index in [-0.39, 0.29) is 0 Å². The number of nitrogens with one attached hydrogen (secondary N) is 1. The van der Waals surface area contributed by atoms with Crippen LogP contribution in [0.4, 0.5) is 0 Å². The van der Waals surface area contributed by atoms with Gasteiger partial charge in [-0.05, 0) is 37.9 Å². The summed E-state index contributed by atoms with van der Waals surface area (Å²) in [5.41, 5.74) is 3.96. The van der Waals surface area contributed by atoms with E-state index in [1.54, 1.807) is 0 Å². The van der Waals surface area contributed by atoms with Crippen molar-refractivity contribution in [2.75, 3.05) is 13.2 Å². The van der Waals surface area contributed by atoms with Gasteiger partial charge in [0.15, 0.2) is 0 Å². The topological polar surface area (TPSA) is 21.3 Å². The van der Waals surface area contributed by atoms with Crippen LogP contribution in [0.3, 0.4) is 0 Å². The van der Waals surface area contributed by atoms with Gasteiger partial charge in [-0.3, -0.25) is 0 Å². The first-order chi connectivity index (χ1) is 8.24. The van der Waals surface area contributed by atoms with Crippen molar-refractivity contribution in [3.63, 3.8) is 0 Å². The molecule has 1 aliphatic heterocycles. The molecular weight excluding hydrogens is 210 g/mol. The number of aryl methyl sites for hydroxylation is 1. The SMILES string of the molecule is CCCCNC1CCOc2c1ccc(C)c2C. The lowest BCUT2D eigenvalue weighted by atomic mass is 9.95. The fourth-order valence-corrected chi connectivity index (χ4v) is 2.38. The molecule has 1 N–H and O–H groups in total. The van der Waals surface area contributed by atoms with Crippen LogP contribution in [-0.2, 0) is 0 Å². The molecule has 1 aromatic carbocycles. The largest absolute Gasteiger partial charge is 0.493 e. The zero-order chi connectivity index (χ0) is 12.3. The maximum atomic E-state index is 5.83. The Hall–Kier alpha value is -1.02. The highest BCUT2D eigenvalue weighted by Gasteiger charge is 2.22. The quantitative estimate of drug-likeness (QED) is 0.803. The Kier molecular flexibility index (Phi) is 4.06. The molecule has 0 fully saturated rings. The summed E-state index contributed by atoms with van der Waals surface area (Å²) in [5, 5.41) is 3.65. The number of ether oxygens (including phenoxy) is 1. The van der Waals surface area contributed by atoms with Crippen molar-refractivity contribution in [2.24, 2.45) is 0 Å². The molecule has 0 spiro atoms. The zero-order valence-corrected chi connectivity index (χ0v) is 11.2. The van der Waals surface area contributed by atoms with E-state index in [1.165, 1.54) is 29.5 Å². The van der Waals surface area contributed by atoms with Crippen LogP contribution in [0.2, 0.25) is 0 Å². The van der Waals surface area contributed by atoms with Gasteiger partial charge in [-0.25, -0.2) is 0 Å². The molecule has 94 valence electrons. The number of fused-ring (bicyclic) bond motifs is 1. The molecule has 0 amide bonds. The summed E-state index contributed by atoms with van der Waals surface area (Å²) in [6, 6.07) is 4.90. The third-order valence-corrected chi connectivity index (χ3v) is 3.66. The van der Waals surface area contributed by atoms with Crippen LogP contribution in [0.15, 0.2) is 12.1 Å². The van der Waals surface area contributed by atoms with Crippen molar-refractivity contribution >= 4 is 0 Å². The second kappa shape index (κ2) is 5.54. The number of hydrogen-bond acceptors (Lipinski definition) is 2. The van der Waals surface area contributed by atoms with Gasteiger partial charge < -0.3 is 10.1 Å². The van der Waals surface area contributed by atoms with E-state index in [0.717, 1.165) is 25.3 Å². The molecule has 2 heteroatoms. The molecule has 17 heavy (non-hydrogen) atoms. The van der Waals surface area contributed by atoms with E-state index in [2.05, 4.69) is 38.2 Å². The first-order valence-electron chi connectivity index (χ1n) is 6.70. The van der Waals surface area contributed by atoms with Crippen molar-refractivity contribution < 1.29 is 4.74 Å². The van der Waals surface area contributed by atoms with Crippen LogP contribution in [0, 0.1) is 13.8 Å². The van der Waals surface area contributed by atoms with Gasteiger partial charge in [0.1, 0.15) is 5.75 Å². The molecule has 1 heterocycles. The van der Waals surface area contributed by atoms with Crippen LogP contribution < -0.4 is 10.1 Å². The van der Waals surface area contributed by atoms with Gasteiger partial charge in [0.05, 0.1) is 6.61 Å². The Bertz CT molecular complexity index is 387. The minimum atomic E-state index is 0.476. The van der Waals surface area contributed by atoms with E-state index in [0.29, 0.717) is 6.04 Å². The normalized spacial score (nSPS) is 18.6. The molecule has 1 aromatic rings. The van der Waals surface area contributed by atoms with Crippen LogP contribution >= 0.6 is 0 Å². The Morgan fingerprint density at radius 1 is 1.35 bits per heavy atom. The molecule has 0 radical (unpaired) electrons. The molecule has 2 nitrogen and oxygen atoms in total. The fraction of sp³-hybridized carbons (Fsp3) is 0.600. The van der Waals surface area contributed by atoms with Gasteiger partial charge in [0.2, 0.25) is 0 Å². The summed E-state index contributed by atoms with van der Waals surface area (Å²) in [6.07, 6.45) is 3.58. The first-order valence-corrected chi connectivity index (χ1v) is 6.70. The molecule has 1 unspecified atom stereocenters. The highest BCUT2D eigenvalue weighted by Crippen LogP contribution is 2.35. The average molecular weight is 233 g/mol. The Labute approximate surface area is 104 Å². The van der Waals surface area contributed by atoms with Gasteiger partial charge in [-0.2, -0.15) is 0 Å². The summed E-state index contributed by atoms with van der Waals surface area (Å²) in [6.45, 7) is 8.47. The minimum absolute atomic E-state index is 0.476. The fourth-order valence-electron chi connectivity index (χ4n) is 2.38. The van der Waals surface area contributed by atoms with Gasteiger partial charge in [-0.15, -0.1) is 0 Å². The number of benzene rings is 1. The second-order valence-electron chi connectivity index (χ2n) is 4.92. The maximum Gasteiger partial charge on any atom is 0.127 e. The Balaban J connectivity index is 2.17. The van der Waals surface area contributed by atoms with Gasteiger partial charge in [-0.1, -0.05) is 25.5 Å². The van der Waals surface area contributed by atoms with Crippen LogP contribution in [0.5, 0.6) is 5.75 Å². The van der Waals surface area contributed by atoms with Gasteiger partial charge in [0, 0.05) is 18.0 Å². The molecule has 0 aliphatic carbocycles. The third kappa shape index (κ3) is 2.63. The second-order valence-corrected chi connectivity index (χ2v) is 4.92. The van der Waals surface area contributed by atoms with Crippen molar-refractivity contribution in [3.05, 3.63) is 28.8 Å². The standard InChI is InChI=1S/C15H23NO/c1-4-5-9-16-14-8-10-17-15-12(3)11(2)6-7-13(14)15/h6-7,14,16H,4-5,8-10H2,1-3H3. The van der Waals surface area contributed by atoms with Crippen LogP contribution in [0.1, 0.15) is 48.9 Å². The first kappa shape index (κ1) is 12.4. The zero-order valence-electron chi connectivity index (χ0n) is 11.2. The van der Waals surface area contributed by atoms with Gasteiger partial charge in [0.25, 0.3) is 0 Å². The third-order valence-electron chi connectivity index (χ3n) is 3.66. The summed E-state index contributed by atoms with van der Waals surface area (Å²) in [5.74, 6) is 1.12. The molecule has 0 bridgehead atoms. The predicted octanol–water partition coefficient (Wildman–Crippen LogP) is 3.52. The number of hydrogen-bond donors (Lipinski definition) is 1. The summed E-state index contributed by atoms with van der Waals surface area (Å²) < 4.78 is 5.83. The Morgan fingerprint density at radius 2 is 2.18 bits per heavy atom. The molecule has 1 atom stereocenters. The van der Waals surface area contributed by atoms with E-state index in [4.69, 9.17) is 4.74 Å². The molecule has 2 rings (SSSR count). The van der Waals surface area contributed by atoms with E-state index in [9.17, 15) is 0 Å². The highest BCUT2D eigenvalue weighted by molar-refractivity contribution is 5.47. The number of rotatable bonds is 4.